The first-order valence-electron chi connectivity index (χ1n) is 9.57. The zero-order valence-electron chi connectivity index (χ0n) is 16.6. The van der Waals surface area contributed by atoms with Gasteiger partial charge in [0, 0.05) is 19.0 Å². The number of ether oxygens (including phenoxy) is 3. The molecule has 1 aliphatic heterocycles. The van der Waals surface area contributed by atoms with Gasteiger partial charge in [0.25, 0.3) is 0 Å². The molecule has 0 spiro atoms. The lowest BCUT2D eigenvalue weighted by Crippen LogP contribution is -2.35. The smallest absolute Gasteiger partial charge is 0.409 e. The summed E-state index contributed by atoms with van der Waals surface area (Å²) in [5, 5.41) is 0. The topological polar surface area (TPSA) is 65.1 Å². The van der Waals surface area contributed by atoms with Crippen LogP contribution in [0.2, 0.25) is 0 Å². The van der Waals surface area contributed by atoms with Crippen molar-refractivity contribution in [2.75, 3.05) is 27.3 Å². The van der Waals surface area contributed by atoms with E-state index in [0.29, 0.717) is 24.6 Å². The van der Waals surface area contributed by atoms with Crippen molar-refractivity contribution in [3.8, 4) is 11.5 Å². The molecule has 1 saturated carbocycles. The fraction of sp³-hybridized carbons (Fsp3) is 0.619. The van der Waals surface area contributed by atoms with Crippen LogP contribution in [0, 0.1) is 5.41 Å². The highest BCUT2D eigenvalue weighted by atomic mass is 16.5. The number of hydrogen-bond acceptors (Lipinski definition) is 5. The molecule has 0 radical (unpaired) electrons. The molecule has 2 fully saturated rings. The SMILES string of the molecule is COC(=O)N1CC(c2ccc(OC)c(OC3CCCC3)c2)[C@@](C)(C(C)=O)C1. The number of amides is 1. The maximum absolute atomic E-state index is 12.5. The van der Waals surface area contributed by atoms with Crippen LogP contribution in [0.3, 0.4) is 0 Å². The van der Waals surface area contributed by atoms with Crippen LogP contribution in [0.25, 0.3) is 0 Å². The largest absolute Gasteiger partial charge is 0.493 e. The number of hydrogen-bond donors (Lipinski definition) is 0. The zero-order valence-corrected chi connectivity index (χ0v) is 16.6. The lowest BCUT2D eigenvalue weighted by atomic mass is 9.73. The minimum Gasteiger partial charge on any atom is -0.493 e. The Balaban J connectivity index is 1.92. The molecule has 2 atom stereocenters. The van der Waals surface area contributed by atoms with Crippen molar-refractivity contribution >= 4 is 11.9 Å². The third-order valence-corrected chi connectivity index (χ3v) is 6.11. The molecular weight excluding hydrogens is 346 g/mol. The molecule has 3 rings (SSSR count). The number of likely N-dealkylation sites (tertiary alicyclic amines) is 1. The predicted molar refractivity (Wildman–Crippen MR) is 101 cm³/mol. The van der Waals surface area contributed by atoms with Crippen molar-refractivity contribution in [1.82, 2.24) is 4.90 Å². The quantitative estimate of drug-likeness (QED) is 0.784. The number of ketones is 1. The normalized spacial score (nSPS) is 25.5. The Bertz CT molecular complexity index is 713. The molecule has 1 unspecified atom stereocenters. The van der Waals surface area contributed by atoms with Crippen LogP contribution >= 0.6 is 0 Å². The van der Waals surface area contributed by atoms with Crippen LogP contribution in [0.5, 0.6) is 11.5 Å². The standard InChI is InChI=1S/C21H29NO5/c1-14(23)21(2)13-22(20(24)26-4)12-17(21)15-9-10-18(25-3)19(11-15)27-16-7-5-6-8-16/h9-11,16-17H,5-8,12-13H2,1-4H3/t17?,21-/m1/s1. The third kappa shape index (κ3) is 3.75. The van der Waals surface area contributed by atoms with Crippen molar-refractivity contribution in [3.63, 3.8) is 0 Å². The Morgan fingerprint density at radius 2 is 1.85 bits per heavy atom. The van der Waals surface area contributed by atoms with Crippen LogP contribution in [0.1, 0.15) is 51.0 Å². The highest BCUT2D eigenvalue weighted by Crippen LogP contribution is 2.45. The number of rotatable bonds is 5. The molecule has 1 saturated heterocycles. The van der Waals surface area contributed by atoms with E-state index < -0.39 is 11.5 Å². The van der Waals surface area contributed by atoms with Gasteiger partial charge in [-0.05, 0) is 50.3 Å². The van der Waals surface area contributed by atoms with E-state index in [2.05, 4.69) is 0 Å². The lowest BCUT2D eigenvalue weighted by molar-refractivity contribution is -0.125. The summed E-state index contributed by atoms with van der Waals surface area (Å²) in [7, 11) is 2.99. The van der Waals surface area contributed by atoms with Crippen LogP contribution in [-0.4, -0.2) is 50.2 Å². The van der Waals surface area contributed by atoms with Gasteiger partial charge in [-0.15, -0.1) is 0 Å². The third-order valence-electron chi connectivity index (χ3n) is 6.11. The maximum atomic E-state index is 12.5. The zero-order chi connectivity index (χ0) is 19.6. The van der Waals surface area contributed by atoms with Gasteiger partial charge in [-0.1, -0.05) is 13.0 Å². The fourth-order valence-electron chi connectivity index (χ4n) is 4.28. The first-order chi connectivity index (χ1) is 12.9. The van der Waals surface area contributed by atoms with E-state index in [1.165, 1.54) is 20.0 Å². The van der Waals surface area contributed by atoms with Crippen LogP contribution in [0.15, 0.2) is 18.2 Å². The van der Waals surface area contributed by atoms with Gasteiger partial charge in [0.1, 0.15) is 5.78 Å². The van der Waals surface area contributed by atoms with Gasteiger partial charge in [-0.25, -0.2) is 4.79 Å². The van der Waals surface area contributed by atoms with Gasteiger partial charge >= 0.3 is 6.09 Å². The van der Waals surface area contributed by atoms with E-state index in [-0.39, 0.29) is 17.8 Å². The number of carbonyl (C=O) groups is 2. The summed E-state index contributed by atoms with van der Waals surface area (Å²) >= 11 is 0. The van der Waals surface area contributed by atoms with Crippen molar-refractivity contribution in [2.24, 2.45) is 5.41 Å². The van der Waals surface area contributed by atoms with E-state index in [1.54, 1.807) is 18.9 Å². The second kappa shape index (κ2) is 7.79. The minimum absolute atomic E-state index is 0.0629. The summed E-state index contributed by atoms with van der Waals surface area (Å²) in [6.45, 7) is 4.31. The van der Waals surface area contributed by atoms with E-state index >= 15 is 0 Å². The average Bonchev–Trinajstić information content (AvgIpc) is 3.29. The summed E-state index contributed by atoms with van der Waals surface area (Å²) in [5.74, 6) is 1.35. The van der Waals surface area contributed by atoms with Crippen LogP contribution < -0.4 is 9.47 Å². The number of nitrogens with zero attached hydrogens (tertiary/aromatic N) is 1. The lowest BCUT2D eigenvalue weighted by Gasteiger charge is -2.28. The van der Waals surface area contributed by atoms with Gasteiger partial charge in [-0.3, -0.25) is 4.79 Å². The molecule has 1 amide bonds. The molecule has 2 aliphatic rings. The second-order valence-corrected chi connectivity index (χ2v) is 7.81. The molecule has 0 aromatic heterocycles. The van der Waals surface area contributed by atoms with Crippen LogP contribution in [-0.2, 0) is 9.53 Å². The minimum atomic E-state index is -0.659. The Morgan fingerprint density at radius 1 is 1.15 bits per heavy atom. The van der Waals surface area contributed by atoms with E-state index in [4.69, 9.17) is 14.2 Å². The summed E-state index contributed by atoms with van der Waals surface area (Å²) in [6, 6.07) is 5.83. The van der Waals surface area contributed by atoms with Crippen molar-refractivity contribution < 1.29 is 23.8 Å². The molecule has 0 N–H and O–H groups in total. The van der Waals surface area contributed by atoms with Crippen molar-refractivity contribution in [1.29, 1.82) is 0 Å². The van der Waals surface area contributed by atoms with Crippen molar-refractivity contribution in [3.05, 3.63) is 23.8 Å². The Hall–Kier alpha value is -2.24. The van der Waals surface area contributed by atoms with Gasteiger partial charge in [0.2, 0.25) is 0 Å². The highest BCUT2D eigenvalue weighted by molar-refractivity contribution is 5.85. The number of Topliss-reactive ketones (excluding diaryl/α,β-unsaturated/α-hetero) is 1. The molecule has 148 valence electrons. The summed E-state index contributed by atoms with van der Waals surface area (Å²) in [6.07, 6.45) is 4.29. The summed E-state index contributed by atoms with van der Waals surface area (Å²) in [4.78, 5) is 26.1. The Kier molecular flexibility index (Phi) is 5.63. The first kappa shape index (κ1) is 19.5. The molecular formula is C21H29NO5. The Labute approximate surface area is 160 Å². The molecule has 6 nitrogen and oxygen atoms in total. The van der Waals surface area contributed by atoms with Gasteiger partial charge in [0.15, 0.2) is 11.5 Å². The molecule has 6 heteroatoms. The molecule has 27 heavy (non-hydrogen) atoms. The summed E-state index contributed by atoms with van der Waals surface area (Å²) < 4.78 is 16.6. The monoisotopic (exact) mass is 375 g/mol. The van der Waals surface area contributed by atoms with Crippen molar-refractivity contribution in [2.45, 2.75) is 51.6 Å². The average molecular weight is 375 g/mol. The van der Waals surface area contributed by atoms with Gasteiger partial charge < -0.3 is 19.1 Å². The molecule has 1 aromatic carbocycles. The molecule has 0 bridgehead atoms. The van der Waals surface area contributed by atoms with E-state index in [0.717, 1.165) is 18.4 Å². The number of carbonyl (C=O) groups excluding carboxylic acids is 2. The second-order valence-electron chi connectivity index (χ2n) is 7.81. The van der Waals surface area contributed by atoms with E-state index in [1.807, 2.05) is 25.1 Å². The fourth-order valence-corrected chi connectivity index (χ4v) is 4.28. The van der Waals surface area contributed by atoms with Gasteiger partial charge in [-0.2, -0.15) is 0 Å². The van der Waals surface area contributed by atoms with E-state index in [9.17, 15) is 9.59 Å². The highest BCUT2D eigenvalue weighted by Gasteiger charge is 2.49. The predicted octanol–water partition coefficient (Wildman–Crippen LogP) is 3.78. The molecule has 1 heterocycles. The molecule has 1 aromatic rings. The Morgan fingerprint density at radius 3 is 2.44 bits per heavy atom. The van der Waals surface area contributed by atoms with Gasteiger partial charge in [0.05, 0.1) is 25.7 Å². The molecule has 1 aliphatic carbocycles. The number of benzene rings is 1. The first-order valence-corrected chi connectivity index (χ1v) is 9.57. The maximum Gasteiger partial charge on any atom is 0.409 e. The van der Waals surface area contributed by atoms with Crippen LogP contribution in [0.4, 0.5) is 4.79 Å². The summed E-state index contributed by atoms with van der Waals surface area (Å²) in [5.41, 5.74) is 0.320. The number of methoxy groups -OCH3 is 2.